The molecule has 7 nitrogen and oxygen atoms in total. The first-order chi connectivity index (χ1) is 17.9. The second kappa shape index (κ2) is 10.1. The Labute approximate surface area is 225 Å². The van der Waals surface area contributed by atoms with Gasteiger partial charge in [0, 0.05) is 70.3 Å². The van der Waals surface area contributed by atoms with E-state index in [4.69, 9.17) is 0 Å². The number of aryl methyl sites for hydroxylation is 1. The maximum atomic E-state index is 13.7. The molecule has 2 heterocycles. The van der Waals surface area contributed by atoms with E-state index in [0.29, 0.717) is 22.6 Å². The van der Waals surface area contributed by atoms with Gasteiger partial charge in [0.05, 0.1) is 0 Å². The summed E-state index contributed by atoms with van der Waals surface area (Å²) in [5.41, 5.74) is 2.29. The molecule has 11 heteroatoms. The molecule has 1 aromatic carbocycles. The zero-order chi connectivity index (χ0) is 27.4. The molecule has 1 atom stereocenters. The average Bonchev–Trinajstić information content (AvgIpc) is 3.10. The monoisotopic (exact) mass is 564 g/mol. The van der Waals surface area contributed by atoms with Crippen LogP contribution in [0.3, 0.4) is 0 Å². The molecule has 3 N–H and O–H groups in total. The first-order valence-electron chi connectivity index (χ1n) is 12.9. The zero-order valence-electron chi connectivity index (χ0n) is 22.0. The zero-order valence-corrected chi connectivity index (χ0v) is 23.6. The lowest BCUT2D eigenvalue weighted by molar-refractivity contribution is -0.0981. The number of para-hydroxylation sites is 1. The quantitative estimate of drug-likeness (QED) is 0.322. The number of thioether (sulfide) groups is 1. The molecule has 0 spiro atoms. The van der Waals surface area contributed by atoms with Crippen LogP contribution < -0.4 is 15.6 Å². The summed E-state index contributed by atoms with van der Waals surface area (Å²) in [5.74, 6) is -2.23. The lowest BCUT2D eigenvalue weighted by Gasteiger charge is -2.45. The van der Waals surface area contributed by atoms with Crippen LogP contribution in [-0.2, 0) is 16.6 Å². The number of pyridine rings is 1. The highest BCUT2D eigenvalue weighted by Gasteiger charge is 2.47. The second-order valence-electron chi connectivity index (χ2n) is 10.8. The largest absolute Gasteiger partial charge is 0.340 e. The number of hydrogen-bond acceptors (Lipinski definition) is 5. The topological polar surface area (TPSA) is 96.0 Å². The molecule has 0 radical (unpaired) electrons. The Balaban J connectivity index is 1.38. The lowest BCUT2D eigenvalue weighted by atomic mass is 9.74. The molecule has 2 fully saturated rings. The minimum absolute atomic E-state index is 0.0350. The van der Waals surface area contributed by atoms with Crippen molar-refractivity contribution in [1.82, 2.24) is 19.6 Å². The summed E-state index contributed by atoms with van der Waals surface area (Å²) < 4.78 is 58.5. The molecule has 2 saturated carbocycles. The Morgan fingerprint density at radius 2 is 1.87 bits per heavy atom. The van der Waals surface area contributed by atoms with Gasteiger partial charge in [0.25, 0.3) is 11.5 Å². The van der Waals surface area contributed by atoms with Crippen molar-refractivity contribution in [3.8, 4) is 0 Å². The van der Waals surface area contributed by atoms with Gasteiger partial charge in [0.15, 0.2) is 0 Å². The molecule has 206 valence electrons. The average molecular weight is 565 g/mol. The summed E-state index contributed by atoms with van der Waals surface area (Å²) in [5, 5.41) is 3.99. The smallest absolute Gasteiger partial charge is 0.253 e. The van der Waals surface area contributed by atoms with Crippen LogP contribution in [0, 0.1) is 19.8 Å². The van der Waals surface area contributed by atoms with Crippen molar-refractivity contribution in [2.24, 2.45) is 5.92 Å². The molecule has 3 aromatic rings. The predicted molar refractivity (Wildman–Crippen MR) is 147 cm³/mol. The highest BCUT2D eigenvalue weighted by Crippen LogP contribution is 2.43. The van der Waals surface area contributed by atoms with Crippen LogP contribution >= 0.6 is 11.8 Å². The van der Waals surface area contributed by atoms with Crippen LogP contribution in [0.15, 0.2) is 44.9 Å². The maximum Gasteiger partial charge on any atom is 0.253 e. The van der Waals surface area contributed by atoms with Gasteiger partial charge in [0.1, 0.15) is 4.90 Å². The van der Waals surface area contributed by atoms with E-state index in [1.54, 1.807) is 6.92 Å². The Hall–Kier alpha value is -2.21. The number of rotatable bonds is 9. The Morgan fingerprint density at radius 3 is 2.53 bits per heavy atom. The number of alkyl halides is 2. The number of H-pyrrole nitrogens is 1. The molecular weight excluding hydrogens is 530 g/mol. The van der Waals surface area contributed by atoms with Gasteiger partial charge in [-0.15, -0.1) is 11.8 Å². The van der Waals surface area contributed by atoms with Gasteiger partial charge in [-0.3, -0.25) is 4.79 Å². The molecule has 5 rings (SSSR count). The van der Waals surface area contributed by atoms with Crippen LogP contribution in [0.25, 0.3) is 10.9 Å². The van der Waals surface area contributed by atoms with Crippen molar-refractivity contribution >= 4 is 32.7 Å². The third kappa shape index (κ3) is 5.05. The maximum absolute atomic E-state index is 13.7. The number of benzene rings is 1. The number of sulfonamides is 1. The van der Waals surface area contributed by atoms with E-state index in [-0.39, 0.29) is 48.0 Å². The van der Waals surface area contributed by atoms with Gasteiger partial charge < -0.3 is 14.9 Å². The van der Waals surface area contributed by atoms with Gasteiger partial charge in [-0.05, 0) is 57.9 Å². The molecule has 0 aliphatic heterocycles. The Bertz CT molecular complexity index is 1520. The third-order valence-corrected chi connectivity index (χ3v) is 10.5. The Kier molecular flexibility index (Phi) is 7.25. The first kappa shape index (κ1) is 27.4. The van der Waals surface area contributed by atoms with Gasteiger partial charge >= 0.3 is 0 Å². The second-order valence-corrected chi connectivity index (χ2v) is 13.3. The summed E-state index contributed by atoms with van der Waals surface area (Å²) in [6, 6.07) is 9.44. The fourth-order valence-corrected chi connectivity index (χ4v) is 8.15. The molecule has 2 aromatic heterocycles. The molecule has 2 aliphatic carbocycles. The van der Waals surface area contributed by atoms with E-state index >= 15 is 0 Å². The molecular formula is C27H34F2N4O3S2. The van der Waals surface area contributed by atoms with E-state index in [1.165, 1.54) is 11.8 Å². The fourth-order valence-electron chi connectivity index (χ4n) is 6.01. The lowest BCUT2D eigenvalue weighted by Crippen LogP contribution is -2.55. The van der Waals surface area contributed by atoms with E-state index in [0.717, 1.165) is 28.9 Å². The van der Waals surface area contributed by atoms with Crippen molar-refractivity contribution < 1.29 is 17.2 Å². The van der Waals surface area contributed by atoms with Crippen LogP contribution in [0.5, 0.6) is 0 Å². The molecule has 0 unspecified atom stereocenters. The van der Waals surface area contributed by atoms with Crippen LogP contribution in [-0.4, -0.2) is 42.2 Å². The third-order valence-electron chi connectivity index (χ3n) is 8.08. The summed E-state index contributed by atoms with van der Waals surface area (Å²) in [6.45, 7) is 5.60. The summed E-state index contributed by atoms with van der Waals surface area (Å²) in [6.07, 6.45) is 3.40. The predicted octanol–water partition coefficient (Wildman–Crippen LogP) is 4.87. The minimum Gasteiger partial charge on any atom is -0.340 e. The summed E-state index contributed by atoms with van der Waals surface area (Å²) in [4.78, 5) is 16.3. The number of nitrogens with one attached hydrogen (secondary N) is 3. The van der Waals surface area contributed by atoms with Crippen LogP contribution in [0.4, 0.5) is 8.78 Å². The van der Waals surface area contributed by atoms with E-state index < -0.39 is 15.9 Å². The number of hydrogen-bond donors (Lipinski definition) is 3. The van der Waals surface area contributed by atoms with Crippen molar-refractivity contribution in [2.75, 3.05) is 6.26 Å². The Morgan fingerprint density at radius 1 is 1.18 bits per heavy atom. The fraction of sp³-hybridized carbons (Fsp3) is 0.519. The number of nitrogens with zero attached hydrogens (tertiary/aromatic N) is 1. The highest BCUT2D eigenvalue weighted by molar-refractivity contribution is 7.98. The molecule has 2 aliphatic rings. The van der Waals surface area contributed by atoms with Gasteiger partial charge in [0.2, 0.25) is 10.0 Å². The molecule has 0 bridgehead atoms. The number of fused-ring (bicyclic) bond motifs is 1. The highest BCUT2D eigenvalue weighted by atomic mass is 32.2. The van der Waals surface area contributed by atoms with Crippen LogP contribution in [0.2, 0.25) is 0 Å². The van der Waals surface area contributed by atoms with E-state index in [1.807, 2.05) is 43.5 Å². The van der Waals surface area contributed by atoms with Crippen molar-refractivity contribution in [3.05, 3.63) is 57.6 Å². The van der Waals surface area contributed by atoms with Crippen molar-refractivity contribution in [1.29, 1.82) is 0 Å². The van der Waals surface area contributed by atoms with E-state index in [2.05, 4.69) is 26.5 Å². The summed E-state index contributed by atoms with van der Waals surface area (Å²) in [7, 11) is -3.94. The summed E-state index contributed by atoms with van der Waals surface area (Å²) >= 11 is 1.40. The standard InChI is InChI=1S/C27H34F2N4O3S2/c1-15-9-24(37-4)22(26(34)31-15)14-30-38(35,36)25-17(3)33(23-8-6-5-7-21(23)25)16(2)18-10-19(11-18)32-20-12-27(28,29)13-20/h5-9,16,18-20,30,32H,10-14H2,1-4H3,(H,31,34)/t16-,18?,19?/m1/s1. The molecule has 38 heavy (non-hydrogen) atoms. The van der Waals surface area contributed by atoms with Crippen molar-refractivity contribution in [3.63, 3.8) is 0 Å². The first-order valence-corrected chi connectivity index (χ1v) is 15.6. The van der Waals surface area contributed by atoms with Crippen LogP contribution in [0.1, 0.15) is 55.6 Å². The number of aromatic nitrogens is 2. The van der Waals surface area contributed by atoms with Crippen molar-refractivity contribution in [2.45, 2.75) is 86.8 Å². The van der Waals surface area contributed by atoms with E-state index in [9.17, 15) is 22.0 Å². The molecule has 0 saturated heterocycles. The SMILES string of the molecule is CSc1cc(C)[nH]c(=O)c1CNS(=O)(=O)c1c(C)n([C@H](C)C2CC(NC3CC(F)(F)C3)C2)c2ccccc12. The number of aromatic amines is 1. The number of halogens is 2. The normalized spacial score (nSPS) is 22.3. The minimum atomic E-state index is -3.94. The molecule has 0 amide bonds. The van der Waals surface area contributed by atoms with Gasteiger partial charge in [-0.25, -0.2) is 21.9 Å². The van der Waals surface area contributed by atoms with Gasteiger partial charge in [-0.1, -0.05) is 18.2 Å². The van der Waals surface area contributed by atoms with Gasteiger partial charge in [-0.2, -0.15) is 0 Å².